The second-order valence-electron chi connectivity index (χ2n) is 11.8. The average Bonchev–Trinajstić information content (AvgIpc) is 3.27. The van der Waals surface area contributed by atoms with Crippen LogP contribution >= 0.6 is 23.1 Å². The molecule has 2 aromatic heterocycles. The number of para-hydroxylation sites is 1. The summed E-state index contributed by atoms with van der Waals surface area (Å²) in [4.78, 5) is 13.5. The third-order valence-corrected chi connectivity index (χ3v) is 10.5. The highest BCUT2D eigenvalue weighted by atomic mass is 79.9. The maximum Gasteiger partial charge on any atom is 0.229 e. The molecule has 6 rings (SSSR count). The van der Waals surface area contributed by atoms with Crippen LogP contribution in [0.4, 0.5) is 33.2 Å². The molecular formula is C31H37BrFN8O2P. The van der Waals surface area contributed by atoms with Crippen LogP contribution in [0.25, 0.3) is 11.1 Å². The molecule has 44 heavy (non-hydrogen) atoms. The molecule has 1 fully saturated rings. The summed E-state index contributed by atoms with van der Waals surface area (Å²) in [6, 6.07) is 11.3. The number of hydrogen-bond donors (Lipinski definition) is 2. The van der Waals surface area contributed by atoms with E-state index in [1.165, 1.54) is 0 Å². The van der Waals surface area contributed by atoms with Crippen LogP contribution in [0.2, 0.25) is 0 Å². The number of hydrogen-bond acceptors (Lipinski definition) is 9. The fraction of sp³-hybridized carbons (Fsp3) is 0.387. The van der Waals surface area contributed by atoms with Crippen molar-refractivity contribution in [3.05, 3.63) is 59.0 Å². The molecule has 0 radical (unpaired) electrons. The molecule has 0 bridgehead atoms. The van der Waals surface area contributed by atoms with E-state index in [1.54, 1.807) is 26.6 Å². The topological polar surface area (TPSA) is 100 Å². The molecule has 10 nitrogen and oxygen atoms in total. The molecule has 0 spiro atoms. The molecule has 0 unspecified atom stereocenters. The lowest BCUT2D eigenvalue weighted by Gasteiger charge is -2.41. The van der Waals surface area contributed by atoms with Gasteiger partial charge in [0.05, 0.1) is 35.2 Å². The Morgan fingerprint density at radius 2 is 1.86 bits per heavy atom. The Kier molecular flexibility index (Phi) is 8.43. The van der Waals surface area contributed by atoms with Gasteiger partial charge in [-0.1, -0.05) is 12.1 Å². The minimum atomic E-state index is -2.54. The van der Waals surface area contributed by atoms with Gasteiger partial charge in [0.2, 0.25) is 5.95 Å². The van der Waals surface area contributed by atoms with Crippen molar-refractivity contribution in [2.75, 3.05) is 62.7 Å². The van der Waals surface area contributed by atoms with Crippen LogP contribution in [-0.4, -0.2) is 84.0 Å². The lowest BCUT2D eigenvalue weighted by atomic mass is 9.98. The van der Waals surface area contributed by atoms with E-state index in [-0.39, 0.29) is 6.04 Å². The van der Waals surface area contributed by atoms with Crippen LogP contribution in [-0.2, 0) is 18.0 Å². The number of nitrogens with one attached hydrogen (secondary N) is 2. The van der Waals surface area contributed by atoms with Crippen molar-refractivity contribution in [1.82, 2.24) is 24.6 Å². The summed E-state index contributed by atoms with van der Waals surface area (Å²) in [5.74, 6) is 1.46. The van der Waals surface area contributed by atoms with Crippen molar-refractivity contribution in [3.63, 3.8) is 0 Å². The summed E-state index contributed by atoms with van der Waals surface area (Å²) in [5.41, 5.74) is 5.38. The SMILES string of the molecule is COc1cc2c(cc1Nc1ncc(Br)c(Nc3ccccc3P(C)(C)=O)n1)-c1cnn(C)c1CCN2[C@H]1CCN(C)C[C@H]1F. The molecule has 2 aromatic carbocycles. The van der Waals surface area contributed by atoms with Crippen LogP contribution in [0.15, 0.2) is 53.3 Å². The van der Waals surface area contributed by atoms with Crippen LogP contribution in [0.1, 0.15) is 12.1 Å². The van der Waals surface area contributed by atoms with E-state index >= 15 is 4.39 Å². The molecule has 2 aliphatic heterocycles. The first-order valence-corrected chi connectivity index (χ1v) is 18.0. The van der Waals surface area contributed by atoms with Crippen LogP contribution < -0.4 is 25.6 Å². The fourth-order valence-electron chi connectivity index (χ4n) is 6.17. The van der Waals surface area contributed by atoms with Crippen molar-refractivity contribution < 1.29 is 13.7 Å². The summed E-state index contributed by atoms with van der Waals surface area (Å²) >= 11 is 3.55. The summed E-state index contributed by atoms with van der Waals surface area (Å²) in [6.45, 7) is 5.43. The van der Waals surface area contributed by atoms with Gasteiger partial charge in [-0.05, 0) is 60.9 Å². The number of ether oxygens (including phenoxy) is 1. The zero-order valence-electron chi connectivity index (χ0n) is 25.5. The van der Waals surface area contributed by atoms with E-state index in [9.17, 15) is 4.57 Å². The normalized spacial score (nSPS) is 18.8. The Balaban J connectivity index is 1.39. The van der Waals surface area contributed by atoms with Crippen molar-refractivity contribution in [2.24, 2.45) is 7.05 Å². The molecule has 2 atom stereocenters. The van der Waals surface area contributed by atoms with E-state index in [2.05, 4.69) is 46.4 Å². The zero-order valence-corrected chi connectivity index (χ0v) is 28.0. The first-order chi connectivity index (χ1) is 21.0. The molecule has 2 aliphatic rings. The Bertz CT molecular complexity index is 1740. The molecule has 4 heterocycles. The molecule has 0 aliphatic carbocycles. The molecule has 232 valence electrons. The average molecular weight is 684 g/mol. The number of aromatic nitrogens is 4. The van der Waals surface area contributed by atoms with Gasteiger partial charge in [0, 0.05) is 73.2 Å². The highest BCUT2D eigenvalue weighted by Gasteiger charge is 2.36. The second kappa shape index (κ2) is 12.1. The molecule has 4 aromatic rings. The van der Waals surface area contributed by atoms with E-state index in [1.807, 2.05) is 61.4 Å². The quantitative estimate of drug-likeness (QED) is 0.235. The maximum absolute atomic E-state index is 15.5. The molecular weight excluding hydrogens is 646 g/mol. The highest BCUT2D eigenvalue weighted by Crippen LogP contribution is 2.45. The van der Waals surface area contributed by atoms with Crippen molar-refractivity contribution in [1.29, 1.82) is 0 Å². The van der Waals surface area contributed by atoms with Crippen LogP contribution in [0.3, 0.4) is 0 Å². The van der Waals surface area contributed by atoms with E-state index in [4.69, 9.17) is 9.72 Å². The van der Waals surface area contributed by atoms with Gasteiger partial charge in [-0.2, -0.15) is 10.1 Å². The highest BCUT2D eigenvalue weighted by molar-refractivity contribution is 9.10. The predicted molar refractivity (Wildman–Crippen MR) is 179 cm³/mol. The number of rotatable bonds is 7. The van der Waals surface area contributed by atoms with Gasteiger partial charge < -0.3 is 29.7 Å². The number of anilines is 5. The summed E-state index contributed by atoms with van der Waals surface area (Å²) < 4.78 is 36.9. The number of fused-ring (bicyclic) bond motifs is 3. The lowest BCUT2D eigenvalue weighted by Crippen LogP contribution is -2.52. The molecule has 1 saturated heterocycles. The predicted octanol–water partition coefficient (Wildman–Crippen LogP) is 5.79. The number of halogens is 2. The van der Waals surface area contributed by atoms with Gasteiger partial charge in [0.15, 0.2) is 0 Å². The van der Waals surface area contributed by atoms with Gasteiger partial charge >= 0.3 is 0 Å². The Labute approximate surface area is 265 Å². The minimum Gasteiger partial charge on any atom is -0.494 e. The Hall–Kier alpha value is -3.47. The third-order valence-electron chi connectivity index (χ3n) is 8.41. The van der Waals surface area contributed by atoms with Gasteiger partial charge in [0.1, 0.15) is 24.9 Å². The van der Waals surface area contributed by atoms with Crippen molar-refractivity contribution >= 4 is 57.2 Å². The summed E-state index contributed by atoms with van der Waals surface area (Å²) in [5, 5.41) is 12.0. The fourth-order valence-corrected chi connectivity index (χ4v) is 7.62. The number of piperidine rings is 1. The number of alkyl halides is 1. The third kappa shape index (κ3) is 5.95. The molecule has 0 amide bonds. The number of likely N-dealkylation sites (tertiary alicyclic amines) is 1. The summed E-state index contributed by atoms with van der Waals surface area (Å²) in [6.07, 6.45) is 4.07. The number of benzene rings is 2. The van der Waals surface area contributed by atoms with Gasteiger partial charge in [-0.3, -0.25) is 4.68 Å². The molecule has 2 N–H and O–H groups in total. The smallest absolute Gasteiger partial charge is 0.229 e. The maximum atomic E-state index is 15.5. The monoisotopic (exact) mass is 682 g/mol. The second-order valence-corrected chi connectivity index (χ2v) is 15.8. The number of methoxy groups -OCH3 is 1. The van der Waals surface area contributed by atoms with Gasteiger partial charge in [-0.25, -0.2) is 9.37 Å². The Morgan fingerprint density at radius 1 is 1.07 bits per heavy atom. The lowest BCUT2D eigenvalue weighted by molar-refractivity contribution is 0.136. The summed E-state index contributed by atoms with van der Waals surface area (Å²) in [7, 11) is 3.00. The standard InChI is InChI=1S/C31H37BrFN8O2P/c1-39-12-10-26(22(33)18-39)41-13-11-25-20(16-35-40(25)2)19-14-24(28(43-3)15-27(19)41)37-31-34-17-21(32)30(38-31)36-23-8-6-7-9-29(23)44(4,5)42/h6-9,14-17,22,26H,10-13,18H2,1-5H3,(H2,34,36,37,38)/t22-,26+/m1/s1. The van der Waals surface area contributed by atoms with E-state index in [0.29, 0.717) is 40.8 Å². The van der Waals surface area contributed by atoms with E-state index in [0.717, 1.165) is 52.9 Å². The van der Waals surface area contributed by atoms with Gasteiger partial charge in [0.25, 0.3) is 0 Å². The van der Waals surface area contributed by atoms with Crippen molar-refractivity contribution in [3.8, 4) is 16.9 Å². The number of aryl methyl sites for hydroxylation is 1. The molecule has 13 heteroatoms. The molecule has 0 saturated carbocycles. The zero-order chi connectivity index (χ0) is 31.2. The first-order valence-electron chi connectivity index (χ1n) is 14.6. The van der Waals surface area contributed by atoms with Crippen molar-refractivity contribution in [2.45, 2.75) is 25.1 Å². The Morgan fingerprint density at radius 3 is 2.61 bits per heavy atom. The minimum absolute atomic E-state index is 0.233. The van der Waals surface area contributed by atoms with Gasteiger partial charge in [-0.15, -0.1) is 0 Å². The van der Waals surface area contributed by atoms with Crippen LogP contribution in [0.5, 0.6) is 5.75 Å². The van der Waals surface area contributed by atoms with E-state index < -0.39 is 13.3 Å². The van der Waals surface area contributed by atoms with Crippen LogP contribution in [0, 0.1) is 0 Å². The largest absolute Gasteiger partial charge is 0.494 e. The first kappa shape index (κ1) is 30.6. The number of nitrogens with zero attached hydrogens (tertiary/aromatic N) is 6.